The van der Waals surface area contributed by atoms with Gasteiger partial charge in [-0.05, 0) is 26.0 Å². The minimum Gasteiger partial charge on any atom is -0.372 e. The second-order valence-electron chi connectivity index (χ2n) is 4.83. The highest BCUT2D eigenvalue weighted by Gasteiger charge is 2.33. The van der Waals surface area contributed by atoms with E-state index in [1.807, 2.05) is 33.0 Å². The average molecular weight is 239 g/mol. The molecule has 0 atom stereocenters. The third kappa shape index (κ3) is 1.76. The Morgan fingerprint density at radius 1 is 1.44 bits per heavy atom. The standard InChI is InChI=1S/C12H15ClN2O/c1-12(2)7-15(3)9-6-4-5-8(13)10(9)14-11(12)16/h4-6H,7H2,1-3H3,(H,14,16). The molecular weight excluding hydrogens is 224 g/mol. The summed E-state index contributed by atoms with van der Waals surface area (Å²) in [7, 11) is 1.97. The maximum Gasteiger partial charge on any atom is 0.231 e. The lowest BCUT2D eigenvalue weighted by Crippen LogP contribution is -2.37. The fraction of sp³-hybridized carbons (Fsp3) is 0.417. The fourth-order valence-corrected chi connectivity index (χ4v) is 2.20. The Morgan fingerprint density at radius 2 is 2.12 bits per heavy atom. The highest BCUT2D eigenvalue weighted by molar-refractivity contribution is 6.34. The molecule has 1 aromatic rings. The summed E-state index contributed by atoms with van der Waals surface area (Å²) in [6.07, 6.45) is 0. The minimum absolute atomic E-state index is 0.00574. The van der Waals surface area contributed by atoms with Crippen LogP contribution < -0.4 is 10.2 Å². The van der Waals surface area contributed by atoms with E-state index in [1.54, 1.807) is 6.07 Å². The monoisotopic (exact) mass is 238 g/mol. The van der Waals surface area contributed by atoms with Gasteiger partial charge in [0.1, 0.15) is 0 Å². The van der Waals surface area contributed by atoms with Crippen LogP contribution in [0.5, 0.6) is 0 Å². The van der Waals surface area contributed by atoms with Gasteiger partial charge in [0, 0.05) is 13.6 Å². The molecule has 2 rings (SSSR count). The summed E-state index contributed by atoms with van der Waals surface area (Å²) in [5.41, 5.74) is 1.26. The molecule has 0 bridgehead atoms. The number of benzene rings is 1. The Morgan fingerprint density at radius 3 is 2.81 bits per heavy atom. The quantitative estimate of drug-likeness (QED) is 0.754. The van der Waals surface area contributed by atoms with E-state index in [-0.39, 0.29) is 5.91 Å². The van der Waals surface area contributed by atoms with Gasteiger partial charge in [-0.15, -0.1) is 0 Å². The molecule has 0 fully saturated rings. The van der Waals surface area contributed by atoms with Crippen LogP contribution in [0.1, 0.15) is 13.8 Å². The number of nitrogens with one attached hydrogen (secondary N) is 1. The van der Waals surface area contributed by atoms with Crippen LogP contribution in [0.25, 0.3) is 0 Å². The second-order valence-corrected chi connectivity index (χ2v) is 5.24. The summed E-state index contributed by atoms with van der Waals surface area (Å²) in [6.45, 7) is 4.53. The molecule has 1 aliphatic rings. The maximum absolute atomic E-state index is 12.0. The third-order valence-corrected chi connectivity index (χ3v) is 3.20. The van der Waals surface area contributed by atoms with Crippen LogP contribution in [0.2, 0.25) is 5.02 Å². The van der Waals surface area contributed by atoms with Gasteiger partial charge in [-0.25, -0.2) is 0 Å². The number of anilines is 2. The van der Waals surface area contributed by atoms with E-state index in [1.165, 1.54) is 0 Å². The largest absolute Gasteiger partial charge is 0.372 e. The van der Waals surface area contributed by atoms with Gasteiger partial charge in [-0.3, -0.25) is 4.79 Å². The van der Waals surface area contributed by atoms with Crippen molar-refractivity contribution in [2.24, 2.45) is 5.41 Å². The van der Waals surface area contributed by atoms with Gasteiger partial charge in [0.25, 0.3) is 0 Å². The lowest BCUT2D eigenvalue weighted by Gasteiger charge is -2.26. The molecule has 16 heavy (non-hydrogen) atoms. The van der Waals surface area contributed by atoms with E-state index in [4.69, 9.17) is 11.6 Å². The number of hydrogen-bond acceptors (Lipinski definition) is 2. The molecular formula is C12H15ClN2O. The van der Waals surface area contributed by atoms with Gasteiger partial charge in [-0.1, -0.05) is 17.7 Å². The smallest absolute Gasteiger partial charge is 0.231 e. The van der Waals surface area contributed by atoms with Crippen LogP contribution in [0.15, 0.2) is 18.2 Å². The van der Waals surface area contributed by atoms with Gasteiger partial charge in [0.05, 0.1) is 21.8 Å². The van der Waals surface area contributed by atoms with E-state index in [2.05, 4.69) is 10.2 Å². The molecule has 4 heteroatoms. The average Bonchev–Trinajstić information content (AvgIpc) is 2.26. The number of carbonyl (C=O) groups is 1. The molecule has 0 aliphatic carbocycles. The Kier molecular flexibility index (Phi) is 2.58. The zero-order valence-corrected chi connectivity index (χ0v) is 10.4. The van der Waals surface area contributed by atoms with Crippen molar-refractivity contribution in [1.82, 2.24) is 0 Å². The number of fused-ring (bicyclic) bond motifs is 1. The molecule has 0 spiro atoms. The summed E-state index contributed by atoms with van der Waals surface area (Å²) < 4.78 is 0. The van der Waals surface area contributed by atoms with Crippen molar-refractivity contribution in [2.45, 2.75) is 13.8 Å². The molecule has 1 aromatic carbocycles. The highest BCUT2D eigenvalue weighted by atomic mass is 35.5. The molecule has 0 radical (unpaired) electrons. The van der Waals surface area contributed by atoms with Gasteiger partial charge in [0.15, 0.2) is 0 Å². The molecule has 0 saturated heterocycles. The molecule has 0 aromatic heterocycles. The Labute approximate surface area is 100 Å². The molecule has 3 nitrogen and oxygen atoms in total. The molecule has 1 amide bonds. The Hall–Kier alpha value is -1.22. The van der Waals surface area contributed by atoms with E-state index < -0.39 is 5.41 Å². The van der Waals surface area contributed by atoms with Crippen LogP contribution in [-0.2, 0) is 4.79 Å². The fourth-order valence-electron chi connectivity index (χ4n) is 1.99. The van der Waals surface area contributed by atoms with Crippen molar-refractivity contribution in [3.8, 4) is 0 Å². The first kappa shape index (κ1) is 11.3. The molecule has 1 aliphatic heterocycles. The van der Waals surface area contributed by atoms with Crippen molar-refractivity contribution >= 4 is 28.9 Å². The van der Waals surface area contributed by atoms with Crippen LogP contribution >= 0.6 is 11.6 Å². The van der Waals surface area contributed by atoms with Crippen molar-refractivity contribution in [3.05, 3.63) is 23.2 Å². The number of carbonyl (C=O) groups excluding carboxylic acids is 1. The number of nitrogens with zero attached hydrogens (tertiary/aromatic N) is 1. The molecule has 1 N–H and O–H groups in total. The minimum atomic E-state index is -0.420. The van der Waals surface area contributed by atoms with Gasteiger partial charge in [0.2, 0.25) is 5.91 Å². The number of halogens is 1. The first-order valence-electron chi connectivity index (χ1n) is 5.23. The van der Waals surface area contributed by atoms with Gasteiger partial charge >= 0.3 is 0 Å². The van der Waals surface area contributed by atoms with Gasteiger partial charge < -0.3 is 10.2 Å². The van der Waals surface area contributed by atoms with E-state index in [9.17, 15) is 4.79 Å². The molecule has 0 saturated carbocycles. The van der Waals surface area contributed by atoms with Crippen molar-refractivity contribution in [3.63, 3.8) is 0 Å². The van der Waals surface area contributed by atoms with Crippen LogP contribution in [0.4, 0.5) is 11.4 Å². The summed E-state index contributed by atoms with van der Waals surface area (Å²) in [6, 6.07) is 5.64. The molecule has 1 heterocycles. The van der Waals surface area contributed by atoms with Crippen LogP contribution in [0.3, 0.4) is 0 Å². The third-order valence-electron chi connectivity index (χ3n) is 2.89. The summed E-state index contributed by atoms with van der Waals surface area (Å²) >= 11 is 6.10. The van der Waals surface area contributed by atoms with Crippen molar-refractivity contribution < 1.29 is 4.79 Å². The highest BCUT2D eigenvalue weighted by Crippen LogP contribution is 2.37. The zero-order valence-electron chi connectivity index (χ0n) is 9.67. The topological polar surface area (TPSA) is 32.3 Å². The van der Waals surface area contributed by atoms with E-state index in [0.29, 0.717) is 17.3 Å². The first-order valence-corrected chi connectivity index (χ1v) is 5.61. The number of hydrogen-bond donors (Lipinski definition) is 1. The summed E-state index contributed by atoms with van der Waals surface area (Å²) in [5, 5.41) is 3.48. The zero-order chi connectivity index (χ0) is 11.9. The summed E-state index contributed by atoms with van der Waals surface area (Å²) in [4.78, 5) is 14.1. The lowest BCUT2D eigenvalue weighted by atomic mass is 9.92. The number of amides is 1. The first-order chi connectivity index (χ1) is 7.42. The van der Waals surface area contributed by atoms with E-state index in [0.717, 1.165) is 5.69 Å². The van der Waals surface area contributed by atoms with Crippen molar-refractivity contribution in [1.29, 1.82) is 0 Å². The predicted molar refractivity (Wildman–Crippen MR) is 67.1 cm³/mol. The van der Waals surface area contributed by atoms with Crippen LogP contribution in [-0.4, -0.2) is 19.5 Å². The maximum atomic E-state index is 12.0. The van der Waals surface area contributed by atoms with E-state index >= 15 is 0 Å². The SMILES string of the molecule is CN1CC(C)(C)C(=O)Nc2c(Cl)cccc21. The molecule has 0 unspecified atom stereocenters. The Balaban J connectivity index is 2.53. The van der Waals surface area contributed by atoms with Crippen LogP contribution in [0, 0.1) is 5.41 Å². The predicted octanol–water partition coefficient (Wildman–Crippen LogP) is 2.75. The lowest BCUT2D eigenvalue weighted by molar-refractivity contribution is -0.123. The van der Waals surface area contributed by atoms with Crippen molar-refractivity contribution in [2.75, 3.05) is 23.8 Å². The summed E-state index contributed by atoms with van der Waals surface area (Å²) in [5.74, 6) is 0.00574. The molecule has 86 valence electrons. The van der Waals surface area contributed by atoms with Gasteiger partial charge in [-0.2, -0.15) is 0 Å². The number of para-hydroxylation sites is 1. The second kappa shape index (κ2) is 3.67. The Bertz CT molecular complexity index is 443. The number of rotatable bonds is 0. The normalized spacial score (nSPS) is 18.8.